The topological polar surface area (TPSA) is 82.6 Å². The Balaban J connectivity index is 1.75. The minimum atomic E-state index is -0.956. The molecule has 3 aromatic carbocycles. The van der Waals surface area contributed by atoms with Crippen LogP contribution in [0.1, 0.15) is 24.1 Å². The number of aromatic amines is 1. The van der Waals surface area contributed by atoms with E-state index in [1.165, 1.54) is 35.2 Å². The van der Waals surface area contributed by atoms with E-state index in [1.54, 1.807) is 25.3 Å². The number of nitrogens with one attached hydrogen (secondary N) is 1. The van der Waals surface area contributed by atoms with Gasteiger partial charge in [-0.3, -0.25) is 14.5 Å². The van der Waals surface area contributed by atoms with Crippen LogP contribution in [-0.4, -0.2) is 28.4 Å². The second-order valence-corrected chi connectivity index (χ2v) is 8.42. The molecular weight excluding hydrogens is 471 g/mol. The summed E-state index contributed by atoms with van der Waals surface area (Å²) < 4.78 is 19.2. The zero-order valence-electron chi connectivity index (χ0n) is 18.6. The van der Waals surface area contributed by atoms with Crippen LogP contribution in [0, 0.1) is 5.82 Å². The number of H-pyrrole nitrogens is 1. The molecule has 0 aliphatic carbocycles. The molecule has 0 saturated carbocycles. The first kappa shape index (κ1) is 22.7. The van der Waals surface area contributed by atoms with Gasteiger partial charge in [0.15, 0.2) is 0 Å². The number of Topliss-reactive ketones (excluding diaryl/α,β-unsaturated/α-hetero) is 1. The zero-order chi connectivity index (χ0) is 24.7. The number of aromatic nitrogens is 1. The maximum atomic E-state index is 13.6. The lowest BCUT2D eigenvalue weighted by atomic mass is 9.94. The second-order valence-electron chi connectivity index (χ2n) is 8.01. The minimum Gasteiger partial charge on any atom is -0.507 e. The summed E-state index contributed by atoms with van der Waals surface area (Å²) in [4.78, 5) is 31.1. The highest BCUT2D eigenvalue weighted by atomic mass is 35.5. The Morgan fingerprint density at radius 1 is 1.11 bits per heavy atom. The second kappa shape index (κ2) is 8.92. The highest BCUT2D eigenvalue weighted by Gasteiger charge is 2.47. The summed E-state index contributed by atoms with van der Waals surface area (Å²) in [5, 5.41) is 12.5. The highest BCUT2D eigenvalue weighted by molar-refractivity contribution is 6.52. The number of anilines is 1. The average Bonchev–Trinajstić information content (AvgIpc) is 3.39. The Morgan fingerprint density at radius 2 is 1.86 bits per heavy atom. The van der Waals surface area contributed by atoms with E-state index in [4.69, 9.17) is 16.3 Å². The number of aliphatic hydroxyl groups is 1. The number of hydrogen-bond acceptors (Lipinski definition) is 4. The van der Waals surface area contributed by atoms with Gasteiger partial charge < -0.3 is 14.8 Å². The molecule has 1 unspecified atom stereocenters. The first-order valence-corrected chi connectivity index (χ1v) is 11.3. The molecule has 1 atom stereocenters. The van der Waals surface area contributed by atoms with Gasteiger partial charge in [-0.25, -0.2) is 4.39 Å². The van der Waals surface area contributed by atoms with Gasteiger partial charge in [0.1, 0.15) is 17.3 Å². The van der Waals surface area contributed by atoms with Crippen molar-refractivity contribution in [2.75, 3.05) is 11.5 Å². The molecule has 0 radical (unpaired) electrons. The van der Waals surface area contributed by atoms with Crippen molar-refractivity contribution in [1.29, 1.82) is 0 Å². The van der Waals surface area contributed by atoms with Crippen molar-refractivity contribution in [1.82, 2.24) is 4.98 Å². The summed E-state index contributed by atoms with van der Waals surface area (Å²) in [6.07, 6.45) is 1.71. The third kappa shape index (κ3) is 3.84. The third-order valence-corrected chi connectivity index (χ3v) is 6.28. The van der Waals surface area contributed by atoms with Crippen molar-refractivity contribution >= 4 is 45.6 Å². The molecule has 4 aromatic rings. The molecule has 0 spiro atoms. The van der Waals surface area contributed by atoms with E-state index < -0.39 is 23.5 Å². The number of benzene rings is 3. The van der Waals surface area contributed by atoms with Crippen LogP contribution in [-0.2, 0) is 9.59 Å². The molecule has 8 heteroatoms. The van der Waals surface area contributed by atoms with Crippen molar-refractivity contribution in [3.05, 3.63) is 100 Å². The van der Waals surface area contributed by atoms with Crippen LogP contribution in [0.2, 0.25) is 5.02 Å². The number of aliphatic hydroxyl groups excluding tert-OH is 1. The van der Waals surface area contributed by atoms with Crippen LogP contribution in [0.3, 0.4) is 0 Å². The van der Waals surface area contributed by atoms with Crippen LogP contribution in [0.25, 0.3) is 16.7 Å². The molecule has 1 aromatic heterocycles. The lowest BCUT2D eigenvalue weighted by Crippen LogP contribution is -2.29. The number of ether oxygens (including phenoxy) is 1. The summed E-state index contributed by atoms with van der Waals surface area (Å²) in [5.74, 6) is -2.17. The molecule has 1 saturated heterocycles. The summed E-state index contributed by atoms with van der Waals surface area (Å²) in [7, 11) is 0. The van der Waals surface area contributed by atoms with Gasteiger partial charge in [-0.2, -0.15) is 0 Å². The molecule has 1 aliphatic rings. The van der Waals surface area contributed by atoms with Gasteiger partial charge in [-0.05, 0) is 55.5 Å². The molecule has 1 fully saturated rings. The number of hydrogen-bond donors (Lipinski definition) is 2. The van der Waals surface area contributed by atoms with E-state index in [0.717, 1.165) is 10.9 Å². The molecule has 2 N–H and O–H groups in total. The van der Waals surface area contributed by atoms with Crippen LogP contribution < -0.4 is 9.64 Å². The SMILES string of the molecule is CCOc1cc(/C(O)=C2\C(=O)C(=O)N(c3ccc(F)cc3)C2c2c[nH]c3ccccc23)ccc1Cl. The Labute approximate surface area is 205 Å². The molecule has 1 amide bonds. The van der Waals surface area contributed by atoms with Gasteiger partial charge in [-0.15, -0.1) is 0 Å². The molecule has 176 valence electrons. The van der Waals surface area contributed by atoms with E-state index >= 15 is 0 Å². The normalized spacial score (nSPS) is 17.3. The number of fused-ring (bicyclic) bond motifs is 1. The van der Waals surface area contributed by atoms with Gasteiger partial charge in [0.05, 0.1) is 23.2 Å². The van der Waals surface area contributed by atoms with E-state index in [1.807, 2.05) is 24.3 Å². The smallest absolute Gasteiger partial charge is 0.300 e. The Kier molecular flexibility index (Phi) is 5.78. The summed E-state index contributed by atoms with van der Waals surface area (Å²) in [6.45, 7) is 2.16. The largest absolute Gasteiger partial charge is 0.507 e. The highest BCUT2D eigenvalue weighted by Crippen LogP contribution is 2.44. The lowest BCUT2D eigenvalue weighted by molar-refractivity contribution is -0.132. The van der Waals surface area contributed by atoms with Crippen molar-refractivity contribution in [2.45, 2.75) is 13.0 Å². The van der Waals surface area contributed by atoms with Crippen molar-refractivity contribution in [3.8, 4) is 5.75 Å². The van der Waals surface area contributed by atoms with Crippen LogP contribution in [0.5, 0.6) is 5.75 Å². The third-order valence-electron chi connectivity index (χ3n) is 5.97. The molecule has 0 bridgehead atoms. The lowest BCUT2D eigenvalue weighted by Gasteiger charge is -2.25. The number of para-hydroxylation sites is 1. The fraction of sp³-hybridized carbons (Fsp3) is 0.111. The molecule has 2 heterocycles. The Hall–Kier alpha value is -4.10. The number of amides is 1. The standard InChI is InChI=1S/C27H20ClFN2O4/c1-2-35-22-13-15(7-12-20(22)28)25(32)23-24(19-14-30-21-6-4-3-5-18(19)21)31(27(34)26(23)33)17-10-8-16(29)9-11-17/h3-14,24,30,32H,2H2,1H3/b25-23+. The summed E-state index contributed by atoms with van der Waals surface area (Å²) >= 11 is 6.20. The predicted molar refractivity (Wildman–Crippen MR) is 132 cm³/mol. The number of ketones is 1. The number of rotatable bonds is 5. The number of nitrogens with zero attached hydrogens (tertiary/aromatic N) is 1. The monoisotopic (exact) mass is 490 g/mol. The Morgan fingerprint density at radius 3 is 2.60 bits per heavy atom. The summed E-state index contributed by atoms with van der Waals surface area (Å²) in [6, 6.07) is 16.4. The molecule has 6 nitrogen and oxygen atoms in total. The first-order chi connectivity index (χ1) is 16.9. The maximum absolute atomic E-state index is 13.6. The maximum Gasteiger partial charge on any atom is 0.300 e. The molecule has 35 heavy (non-hydrogen) atoms. The van der Waals surface area contributed by atoms with Crippen LogP contribution >= 0.6 is 11.6 Å². The number of halogens is 2. The quantitative estimate of drug-likeness (QED) is 0.205. The average molecular weight is 491 g/mol. The molecule has 1 aliphatic heterocycles. The van der Waals surface area contributed by atoms with E-state index in [9.17, 15) is 19.1 Å². The molecule has 5 rings (SSSR count). The molecular formula is C27H20ClFN2O4. The predicted octanol–water partition coefficient (Wildman–Crippen LogP) is 5.99. The van der Waals surface area contributed by atoms with Gasteiger partial charge in [0, 0.05) is 33.9 Å². The van der Waals surface area contributed by atoms with E-state index in [0.29, 0.717) is 28.6 Å². The Bertz CT molecular complexity index is 1490. The number of carbonyl (C=O) groups excluding carboxylic acids is 2. The van der Waals surface area contributed by atoms with Crippen LogP contribution in [0.4, 0.5) is 10.1 Å². The van der Waals surface area contributed by atoms with E-state index in [-0.39, 0.29) is 16.9 Å². The van der Waals surface area contributed by atoms with Crippen molar-refractivity contribution < 1.29 is 23.8 Å². The van der Waals surface area contributed by atoms with Gasteiger partial charge in [0.25, 0.3) is 11.7 Å². The fourth-order valence-corrected chi connectivity index (χ4v) is 4.56. The summed E-state index contributed by atoms with van der Waals surface area (Å²) in [5.41, 5.74) is 1.93. The van der Waals surface area contributed by atoms with Crippen molar-refractivity contribution in [2.24, 2.45) is 0 Å². The zero-order valence-corrected chi connectivity index (χ0v) is 19.3. The van der Waals surface area contributed by atoms with Gasteiger partial charge >= 0.3 is 0 Å². The van der Waals surface area contributed by atoms with Crippen molar-refractivity contribution in [3.63, 3.8) is 0 Å². The van der Waals surface area contributed by atoms with E-state index in [2.05, 4.69) is 4.98 Å². The first-order valence-electron chi connectivity index (χ1n) is 11.0. The van der Waals surface area contributed by atoms with Crippen LogP contribution in [0.15, 0.2) is 78.5 Å². The number of carbonyl (C=O) groups is 2. The minimum absolute atomic E-state index is 0.0890. The fourth-order valence-electron chi connectivity index (χ4n) is 4.39. The van der Waals surface area contributed by atoms with Gasteiger partial charge in [0.2, 0.25) is 0 Å². The van der Waals surface area contributed by atoms with Gasteiger partial charge in [-0.1, -0.05) is 29.8 Å².